The van der Waals surface area contributed by atoms with Crippen LogP contribution in [0.25, 0.3) is 0 Å². The van der Waals surface area contributed by atoms with Crippen LogP contribution in [0.3, 0.4) is 0 Å². The van der Waals surface area contributed by atoms with Crippen LogP contribution < -0.4 is 4.72 Å². The van der Waals surface area contributed by atoms with Crippen LogP contribution in [0.4, 0.5) is 8.78 Å². The molecule has 0 heterocycles. The predicted molar refractivity (Wildman–Crippen MR) is 112 cm³/mol. The van der Waals surface area contributed by atoms with Crippen molar-refractivity contribution in [1.29, 1.82) is 5.26 Å². The number of carbonyl (C=O) groups excluding carboxylic acids is 1. The number of ether oxygens (including phenoxy) is 1. The maximum absolute atomic E-state index is 13.5. The molecule has 5 nitrogen and oxygen atoms in total. The molecule has 1 aliphatic rings. The molecule has 0 aliphatic heterocycles. The number of benzene rings is 1. The highest BCUT2D eigenvalue weighted by Crippen LogP contribution is 2.49. The molecule has 1 unspecified atom stereocenters. The van der Waals surface area contributed by atoms with Gasteiger partial charge in [0.25, 0.3) is 0 Å². The minimum absolute atomic E-state index is 0.0468. The summed E-state index contributed by atoms with van der Waals surface area (Å²) < 4.78 is 47.5. The van der Waals surface area contributed by atoms with Crippen LogP contribution in [0.15, 0.2) is 24.3 Å². The Labute approximate surface area is 180 Å². The number of esters is 1. The molecular formula is C22H30F2N2O3S. The van der Waals surface area contributed by atoms with Gasteiger partial charge < -0.3 is 9.29 Å². The molecule has 1 aliphatic carbocycles. The average molecular weight is 441 g/mol. The van der Waals surface area contributed by atoms with Gasteiger partial charge in [0, 0.05) is 30.6 Å². The fourth-order valence-corrected chi connectivity index (χ4v) is 4.41. The molecule has 8 heteroatoms. The zero-order chi connectivity index (χ0) is 22.5. The van der Waals surface area contributed by atoms with Crippen LogP contribution in [-0.4, -0.2) is 27.8 Å². The van der Waals surface area contributed by atoms with E-state index in [2.05, 4.69) is 10.8 Å². The second-order valence-corrected chi connectivity index (χ2v) is 10.8. The monoisotopic (exact) mass is 440 g/mol. The molecule has 0 bridgehead atoms. The van der Waals surface area contributed by atoms with E-state index in [1.165, 1.54) is 0 Å². The van der Waals surface area contributed by atoms with Crippen molar-refractivity contribution in [3.05, 3.63) is 35.4 Å². The third-order valence-electron chi connectivity index (χ3n) is 5.31. The number of alkyl halides is 2. The highest BCUT2D eigenvalue weighted by molar-refractivity contribution is 7.90. The van der Waals surface area contributed by atoms with E-state index in [0.717, 1.165) is 5.56 Å². The molecule has 30 heavy (non-hydrogen) atoms. The summed E-state index contributed by atoms with van der Waals surface area (Å²) in [5.74, 6) is -3.72. The molecule has 1 saturated carbocycles. The molecule has 1 N–H and O–H groups in total. The summed E-state index contributed by atoms with van der Waals surface area (Å²) >= 11 is -1.40. The molecule has 1 aromatic carbocycles. The van der Waals surface area contributed by atoms with Crippen LogP contribution in [0.1, 0.15) is 70.5 Å². The van der Waals surface area contributed by atoms with Crippen molar-refractivity contribution in [2.75, 3.05) is 6.61 Å². The van der Waals surface area contributed by atoms with Gasteiger partial charge in [-0.15, -0.1) is 4.72 Å². The van der Waals surface area contributed by atoms with Crippen molar-refractivity contribution in [2.24, 2.45) is 11.8 Å². The smallest absolute Gasteiger partial charge is 0.306 e. The van der Waals surface area contributed by atoms with Crippen LogP contribution >= 0.6 is 0 Å². The lowest BCUT2D eigenvalue weighted by Gasteiger charge is -2.41. The van der Waals surface area contributed by atoms with Crippen molar-refractivity contribution in [1.82, 2.24) is 4.72 Å². The molecular weight excluding hydrogens is 410 g/mol. The number of nitriles is 1. The van der Waals surface area contributed by atoms with Gasteiger partial charge in [0.2, 0.25) is 5.92 Å². The molecule has 0 aromatic heterocycles. The van der Waals surface area contributed by atoms with Crippen molar-refractivity contribution in [2.45, 2.75) is 70.1 Å². The van der Waals surface area contributed by atoms with Gasteiger partial charge in [-0.1, -0.05) is 12.1 Å². The molecule has 166 valence electrons. The number of nitrogens with one attached hydrogen (secondary N) is 1. The summed E-state index contributed by atoms with van der Waals surface area (Å²) in [5, 5.41) is 9.04. The van der Waals surface area contributed by atoms with Crippen molar-refractivity contribution >= 4 is 17.3 Å². The van der Waals surface area contributed by atoms with E-state index in [1.54, 1.807) is 31.2 Å². The number of nitrogens with zero attached hydrogens (tertiary/aromatic N) is 1. The SMILES string of the molecule is CCOC(=O)C[C@H](C[C@@H](N[S+]([O-])C(C)(C)C)c1ccc(C#N)cc1)C1CC(F)(F)C1. The maximum atomic E-state index is 13.5. The Hall–Kier alpha value is -1.69. The van der Waals surface area contributed by atoms with E-state index in [-0.39, 0.29) is 37.7 Å². The Morgan fingerprint density at radius 3 is 2.43 bits per heavy atom. The summed E-state index contributed by atoms with van der Waals surface area (Å²) in [6, 6.07) is 8.53. The Bertz CT molecular complexity index is 751. The first-order valence-corrected chi connectivity index (χ1v) is 11.3. The molecule has 0 spiro atoms. The van der Waals surface area contributed by atoms with E-state index in [9.17, 15) is 18.1 Å². The van der Waals surface area contributed by atoms with Crippen LogP contribution in [0.5, 0.6) is 0 Å². The minimum atomic E-state index is -2.69. The molecule has 1 fully saturated rings. The summed E-state index contributed by atoms with van der Waals surface area (Å²) in [4.78, 5) is 12.1. The van der Waals surface area contributed by atoms with Crippen LogP contribution in [0, 0.1) is 23.2 Å². The normalized spacial score (nSPS) is 19.3. The maximum Gasteiger partial charge on any atom is 0.306 e. The predicted octanol–water partition coefficient (Wildman–Crippen LogP) is 4.66. The van der Waals surface area contributed by atoms with Gasteiger partial charge >= 0.3 is 5.97 Å². The molecule has 0 saturated heterocycles. The summed E-state index contributed by atoms with van der Waals surface area (Å²) in [6.07, 6.45) is -0.0858. The second kappa shape index (κ2) is 10.1. The van der Waals surface area contributed by atoms with Crippen LogP contribution in [0.2, 0.25) is 0 Å². The molecule has 1 aromatic rings. The largest absolute Gasteiger partial charge is 0.598 e. The van der Waals surface area contributed by atoms with Gasteiger partial charge in [-0.05, 0) is 63.6 Å². The van der Waals surface area contributed by atoms with E-state index >= 15 is 0 Å². The first-order valence-electron chi connectivity index (χ1n) is 10.2. The number of hydrogen-bond acceptors (Lipinski definition) is 5. The quantitative estimate of drug-likeness (QED) is 0.446. The van der Waals surface area contributed by atoms with Gasteiger partial charge in [0.15, 0.2) is 0 Å². The van der Waals surface area contributed by atoms with Gasteiger partial charge in [-0.25, -0.2) is 8.78 Å². The van der Waals surface area contributed by atoms with E-state index in [0.29, 0.717) is 12.0 Å². The van der Waals surface area contributed by atoms with Crippen molar-refractivity contribution in [3.63, 3.8) is 0 Å². The zero-order valence-corrected chi connectivity index (χ0v) is 18.7. The fourth-order valence-electron chi connectivity index (χ4n) is 3.57. The van der Waals surface area contributed by atoms with Gasteiger partial charge in [0.1, 0.15) is 4.75 Å². The molecule has 0 radical (unpaired) electrons. The van der Waals surface area contributed by atoms with Crippen molar-refractivity contribution < 1.29 is 22.9 Å². The average Bonchev–Trinajstić information content (AvgIpc) is 2.64. The minimum Gasteiger partial charge on any atom is -0.598 e. The Balaban J connectivity index is 2.25. The topological polar surface area (TPSA) is 85.2 Å². The summed E-state index contributed by atoms with van der Waals surface area (Å²) in [7, 11) is 0. The van der Waals surface area contributed by atoms with E-state index in [4.69, 9.17) is 10.00 Å². The fraction of sp³-hybridized carbons (Fsp3) is 0.636. The third-order valence-corrected chi connectivity index (χ3v) is 6.92. The number of carbonyl (C=O) groups is 1. The van der Waals surface area contributed by atoms with Gasteiger partial charge in [-0.2, -0.15) is 5.26 Å². The second-order valence-electron chi connectivity index (χ2n) is 8.81. The third kappa shape index (κ3) is 6.93. The number of halogens is 2. The lowest BCUT2D eigenvalue weighted by atomic mass is 9.69. The van der Waals surface area contributed by atoms with E-state index in [1.807, 2.05) is 20.8 Å². The highest BCUT2D eigenvalue weighted by Gasteiger charge is 2.49. The van der Waals surface area contributed by atoms with Gasteiger partial charge in [0.05, 0.1) is 24.3 Å². The van der Waals surface area contributed by atoms with E-state index < -0.39 is 34.0 Å². The first kappa shape index (κ1) is 24.6. The lowest BCUT2D eigenvalue weighted by molar-refractivity contribution is -0.152. The highest BCUT2D eigenvalue weighted by atomic mass is 32.2. The lowest BCUT2D eigenvalue weighted by Crippen LogP contribution is -2.44. The van der Waals surface area contributed by atoms with Crippen molar-refractivity contribution in [3.8, 4) is 6.07 Å². The van der Waals surface area contributed by atoms with Gasteiger partial charge in [-0.3, -0.25) is 4.79 Å². The summed E-state index contributed by atoms with van der Waals surface area (Å²) in [6.45, 7) is 7.47. The molecule has 3 atom stereocenters. The molecule has 0 amide bonds. The Morgan fingerprint density at radius 2 is 1.97 bits per heavy atom. The first-order chi connectivity index (χ1) is 13.9. The number of hydrogen-bond donors (Lipinski definition) is 1. The summed E-state index contributed by atoms with van der Waals surface area (Å²) in [5.41, 5.74) is 1.29. The Kier molecular flexibility index (Phi) is 8.26. The van der Waals surface area contributed by atoms with Crippen LogP contribution in [-0.2, 0) is 20.9 Å². The zero-order valence-electron chi connectivity index (χ0n) is 17.9. The molecule has 2 rings (SSSR count). The number of rotatable bonds is 9. The Morgan fingerprint density at radius 1 is 1.37 bits per heavy atom. The standard InChI is InChI=1S/C22H30F2N2O3S/c1-5-29-20(27)11-17(18-12-22(23,24)13-18)10-19(26-30(28)21(2,3)4)16-8-6-15(14-25)7-9-16/h6-9,17-19,26H,5,10-13H2,1-4H3/t17-,19+,30?/m0/s1.